The summed E-state index contributed by atoms with van der Waals surface area (Å²) in [4.78, 5) is 9.19. The van der Waals surface area contributed by atoms with E-state index in [-0.39, 0.29) is 24.0 Å². The molecule has 8 heteroatoms. The second kappa shape index (κ2) is 10.7. The molecule has 29 heavy (non-hydrogen) atoms. The van der Waals surface area contributed by atoms with Crippen molar-refractivity contribution in [3.8, 4) is 5.75 Å². The summed E-state index contributed by atoms with van der Waals surface area (Å²) in [5.41, 5.74) is 3.36. The molecule has 0 amide bonds. The summed E-state index contributed by atoms with van der Waals surface area (Å²) < 4.78 is 10.7. The zero-order valence-corrected chi connectivity index (χ0v) is 20.3. The lowest BCUT2D eigenvalue weighted by atomic mass is 10.00. The van der Waals surface area contributed by atoms with E-state index in [1.165, 1.54) is 11.3 Å². The van der Waals surface area contributed by atoms with Crippen molar-refractivity contribution in [2.75, 3.05) is 51.8 Å². The Morgan fingerprint density at radius 2 is 2.00 bits per heavy atom. The van der Waals surface area contributed by atoms with Crippen molar-refractivity contribution in [2.45, 2.75) is 26.7 Å². The number of methoxy groups -OCH3 is 1. The van der Waals surface area contributed by atoms with Crippen molar-refractivity contribution < 1.29 is 9.26 Å². The molecule has 1 unspecified atom stereocenters. The highest BCUT2D eigenvalue weighted by Gasteiger charge is 2.22. The molecule has 1 aromatic carbocycles. The SMILES string of the molecule is CN=C(NCC(C)c1c(C)noc1C)N1CCN(c2cccc(OC)c2)CC1.I. The molecule has 2 aromatic rings. The van der Waals surface area contributed by atoms with E-state index < -0.39 is 0 Å². The van der Waals surface area contributed by atoms with Gasteiger partial charge in [-0.15, -0.1) is 24.0 Å². The van der Waals surface area contributed by atoms with Gasteiger partial charge in [-0.1, -0.05) is 18.1 Å². The maximum absolute atomic E-state index is 5.35. The summed E-state index contributed by atoms with van der Waals surface area (Å²) in [6.07, 6.45) is 0. The van der Waals surface area contributed by atoms with Crippen molar-refractivity contribution in [3.63, 3.8) is 0 Å². The van der Waals surface area contributed by atoms with Crippen LogP contribution in [0.4, 0.5) is 5.69 Å². The molecule has 160 valence electrons. The number of aromatic nitrogens is 1. The molecule has 0 bridgehead atoms. The molecule has 1 fully saturated rings. The number of piperazine rings is 1. The van der Waals surface area contributed by atoms with Crippen LogP contribution in [0.15, 0.2) is 33.8 Å². The van der Waals surface area contributed by atoms with Crippen LogP contribution in [0.2, 0.25) is 0 Å². The zero-order valence-electron chi connectivity index (χ0n) is 17.9. The summed E-state index contributed by atoms with van der Waals surface area (Å²) in [5, 5.41) is 7.59. The van der Waals surface area contributed by atoms with Crippen LogP contribution in [0.25, 0.3) is 0 Å². The maximum Gasteiger partial charge on any atom is 0.193 e. The van der Waals surface area contributed by atoms with Gasteiger partial charge in [-0.3, -0.25) is 4.99 Å². The fraction of sp³-hybridized carbons (Fsp3) is 0.524. The van der Waals surface area contributed by atoms with Crippen molar-refractivity contribution >= 4 is 35.6 Å². The molecule has 2 heterocycles. The van der Waals surface area contributed by atoms with E-state index in [9.17, 15) is 0 Å². The van der Waals surface area contributed by atoms with Crippen molar-refractivity contribution in [1.29, 1.82) is 0 Å². The van der Waals surface area contributed by atoms with Gasteiger partial charge in [0, 0.05) is 63.0 Å². The van der Waals surface area contributed by atoms with E-state index in [4.69, 9.17) is 9.26 Å². The Hall–Kier alpha value is -1.97. The monoisotopic (exact) mass is 513 g/mol. The third kappa shape index (κ3) is 5.55. The minimum absolute atomic E-state index is 0. The van der Waals surface area contributed by atoms with Crippen LogP contribution in [-0.2, 0) is 0 Å². The topological polar surface area (TPSA) is 66.1 Å². The Balaban J connectivity index is 0.00000300. The molecule has 1 aromatic heterocycles. The van der Waals surface area contributed by atoms with E-state index in [0.717, 1.165) is 55.9 Å². The first-order valence-corrected chi connectivity index (χ1v) is 9.80. The van der Waals surface area contributed by atoms with E-state index in [0.29, 0.717) is 5.92 Å². The predicted molar refractivity (Wildman–Crippen MR) is 128 cm³/mol. The van der Waals surface area contributed by atoms with E-state index in [2.05, 4.69) is 44.3 Å². The van der Waals surface area contributed by atoms with Crippen LogP contribution in [0, 0.1) is 13.8 Å². The average Bonchev–Trinajstić information content (AvgIpc) is 3.07. The van der Waals surface area contributed by atoms with Crippen LogP contribution in [0.5, 0.6) is 5.75 Å². The first kappa shape index (κ1) is 23.3. The van der Waals surface area contributed by atoms with Crippen LogP contribution in [0.3, 0.4) is 0 Å². The molecule has 0 radical (unpaired) electrons. The van der Waals surface area contributed by atoms with Gasteiger partial charge < -0.3 is 24.4 Å². The summed E-state index contributed by atoms with van der Waals surface area (Å²) >= 11 is 0. The molecule has 0 spiro atoms. The molecular formula is C21H32IN5O2. The van der Waals surface area contributed by atoms with Gasteiger partial charge in [-0.05, 0) is 26.0 Å². The van der Waals surface area contributed by atoms with E-state index in [1.807, 2.05) is 33.0 Å². The van der Waals surface area contributed by atoms with Gasteiger partial charge in [0.1, 0.15) is 11.5 Å². The van der Waals surface area contributed by atoms with Gasteiger partial charge in [-0.2, -0.15) is 0 Å². The molecule has 0 saturated carbocycles. The molecule has 1 aliphatic rings. The lowest BCUT2D eigenvalue weighted by molar-refractivity contribution is 0.370. The van der Waals surface area contributed by atoms with E-state index >= 15 is 0 Å². The Labute approximate surface area is 190 Å². The highest BCUT2D eigenvalue weighted by atomic mass is 127. The quantitative estimate of drug-likeness (QED) is 0.376. The Morgan fingerprint density at radius 3 is 2.59 bits per heavy atom. The number of rotatable bonds is 5. The summed E-state index contributed by atoms with van der Waals surface area (Å²) in [6, 6.07) is 8.24. The normalized spacial score (nSPS) is 15.7. The Kier molecular flexibility index (Phi) is 8.60. The second-order valence-corrected chi connectivity index (χ2v) is 7.24. The molecule has 7 nitrogen and oxygen atoms in total. The number of aliphatic imine (C=N–C) groups is 1. The molecule has 1 N–H and O–H groups in total. The van der Waals surface area contributed by atoms with E-state index in [1.54, 1.807) is 7.11 Å². The smallest absolute Gasteiger partial charge is 0.193 e. The molecule has 0 aliphatic carbocycles. The maximum atomic E-state index is 5.35. The summed E-state index contributed by atoms with van der Waals surface area (Å²) in [7, 11) is 3.55. The number of nitrogens with one attached hydrogen (secondary N) is 1. The zero-order chi connectivity index (χ0) is 20.1. The summed E-state index contributed by atoms with van der Waals surface area (Å²) in [6.45, 7) is 10.7. The van der Waals surface area contributed by atoms with Gasteiger partial charge in [0.05, 0.1) is 12.8 Å². The molecule has 1 saturated heterocycles. The lowest BCUT2D eigenvalue weighted by Gasteiger charge is -2.38. The number of anilines is 1. The number of hydrogen-bond donors (Lipinski definition) is 1. The Morgan fingerprint density at radius 1 is 1.28 bits per heavy atom. The third-order valence-corrected chi connectivity index (χ3v) is 5.36. The first-order chi connectivity index (χ1) is 13.5. The van der Waals surface area contributed by atoms with Crippen molar-refractivity contribution in [2.24, 2.45) is 4.99 Å². The Bertz CT molecular complexity index is 796. The van der Waals surface area contributed by atoms with Crippen LogP contribution in [-0.4, -0.2) is 62.9 Å². The number of hydrogen-bond acceptors (Lipinski definition) is 5. The molecular weight excluding hydrogens is 481 g/mol. The van der Waals surface area contributed by atoms with Gasteiger partial charge >= 0.3 is 0 Å². The number of halogens is 1. The fourth-order valence-corrected chi connectivity index (χ4v) is 3.86. The fourth-order valence-electron chi connectivity index (χ4n) is 3.86. The highest BCUT2D eigenvalue weighted by Crippen LogP contribution is 2.23. The number of guanidine groups is 1. The van der Waals surface area contributed by atoms with Gasteiger partial charge in [0.25, 0.3) is 0 Å². The van der Waals surface area contributed by atoms with Crippen molar-refractivity contribution in [3.05, 3.63) is 41.3 Å². The lowest BCUT2D eigenvalue weighted by Crippen LogP contribution is -2.53. The number of ether oxygens (including phenoxy) is 1. The second-order valence-electron chi connectivity index (χ2n) is 7.24. The van der Waals surface area contributed by atoms with Gasteiger partial charge in [0.2, 0.25) is 0 Å². The van der Waals surface area contributed by atoms with Crippen LogP contribution >= 0.6 is 24.0 Å². The molecule has 1 aliphatic heterocycles. The molecule has 3 rings (SSSR count). The third-order valence-electron chi connectivity index (χ3n) is 5.36. The standard InChI is InChI=1S/C21H31N5O2.HI/c1-15(20-16(2)24-28-17(20)3)14-23-21(22-4)26-11-9-25(10-12-26)18-7-6-8-19(13-18)27-5;/h6-8,13,15H,9-12,14H2,1-5H3,(H,22,23);1H. The van der Waals surface area contributed by atoms with Crippen LogP contribution in [0.1, 0.15) is 29.9 Å². The van der Waals surface area contributed by atoms with Gasteiger partial charge in [-0.25, -0.2) is 0 Å². The average molecular weight is 513 g/mol. The predicted octanol–water partition coefficient (Wildman–Crippen LogP) is 3.42. The van der Waals surface area contributed by atoms with Crippen LogP contribution < -0.4 is 15.0 Å². The number of aryl methyl sites for hydroxylation is 2. The highest BCUT2D eigenvalue weighted by molar-refractivity contribution is 14.0. The largest absolute Gasteiger partial charge is 0.497 e. The minimum atomic E-state index is 0. The molecule has 1 atom stereocenters. The number of benzene rings is 1. The number of nitrogens with zero attached hydrogens (tertiary/aromatic N) is 4. The van der Waals surface area contributed by atoms with Gasteiger partial charge in [0.15, 0.2) is 5.96 Å². The van der Waals surface area contributed by atoms with Crippen molar-refractivity contribution in [1.82, 2.24) is 15.4 Å². The minimum Gasteiger partial charge on any atom is -0.497 e. The first-order valence-electron chi connectivity index (χ1n) is 9.80. The summed E-state index contributed by atoms with van der Waals surface area (Å²) in [5.74, 6) is 3.05.